The third-order valence-corrected chi connectivity index (χ3v) is 2.85. The minimum absolute atomic E-state index is 0.206. The highest BCUT2D eigenvalue weighted by Crippen LogP contribution is 2.11. The highest BCUT2D eigenvalue weighted by Gasteiger charge is 2.26. The summed E-state index contributed by atoms with van der Waals surface area (Å²) < 4.78 is 5.41. The molecule has 0 saturated carbocycles. The van der Waals surface area contributed by atoms with Crippen LogP contribution in [0.4, 0.5) is 4.79 Å². The summed E-state index contributed by atoms with van der Waals surface area (Å²) in [6.45, 7) is 14.2. The maximum absolute atomic E-state index is 12.0. The Hall–Kier alpha value is -0.810. The van der Waals surface area contributed by atoms with Gasteiger partial charge in [0.2, 0.25) is 0 Å². The molecule has 1 saturated heterocycles. The van der Waals surface area contributed by atoms with E-state index in [1.165, 1.54) is 0 Å². The molecule has 1 rings (SSSR count). The largest absolute Gasteiger partial charge is 0.444 e. The predicted octanol–water partition coefficient (Wildman–Crippen LogP) is 1.44. The van der Waals surface area contributed by atoms with Crippen molar-refractivity contribution >= 4 is 6.09 Å². The number of amides is 1. The van der Waals surface area contributed by atoms with Crippen LogP contribution in [0.5, 0.6) is 0 Å². The van der Waals surface area contributed by atoms with E-state index in [4.69, 9.17) is 4.74 Å². The fraction of sp³-hybridized carbons (Fsp3) is 0.929. The maximum Gasteiger partial charge on any atom is 0.410 e. The first kappa shape index (κ1) is 16.2. The van der Waals surface area contributed by atoms with Gasteiger partial charge in [-0.1, -0.05) is 13.8 Å². The van der Waals surface area contributed by atoms with Gasteiger partial charge in [0, 0.05) is 32.2 Å². The van der Waals surface area contributed by atoms with Crippen LogP contribution in [-0.2, 0) is 4.74 Å². The van der Waals surface area contributed by atoms with Crippen molar-refractivity contribution in [1.82, 2.24) is 15.5 Å². The molecule has 1 atom stereocenters. The Morgan fingerprint density at radius 3 is 2.74 bits per heavy atom. The van der Waals surface area contributed by atoms with E-state index in [0.29, 0.717) is 18.5 Å². The van der Waals surface area contributed by atoms with Crippen LogP contribution >= 0.6 is 0 Å². The van der Waals surface area contributed by atoms with Gasteiger partial charge in [0.15, 0.2) is 0 Å². The molecular weight excluding hydrogens is 242 g/mol. The second-order valence-electron chi connectivity index (χ2n) is 6.63. The van der Waals surface area contributed by atoms with Crippen molar-refractivity contribution in [3.05, 3.63) is 0 Å². The molecule has 0 radical (unpaired) electrons. The van der Waals surface area contributed by atoms with Gasteiger partial charge in [-0.3, -0.25) is 0 Å². The van der Waals surface area contributed by atoms with E-state index < -0.39 is 5.60 Å². The molecule has 1 fully saturated rings. The second-order valence-corrected chi connectivity index (χ2v) is 6.63. The van der Waals surface area contributed by atoms with Crippen molar-refractivity contribution in [2.45, 2.75) is 46.3 Å². The molecule has 1 amide bonds. The van der Waals surface area contributed by atoms with Gasteiger partial charge in [0.25, 0.3) is 0 Å². The molecule has 5 heteroatoms. The third kappa shape index (κ3) is 6.78. The van der Waals surface area contributed by atoms with Crippen molar-refractivity contribution in [2.24, 2.45) is 5.92 Å². The van der Waals surface area contributed by atoms with Crippen LogP contribution in [0.3, 0.4) is 0 Å². The van der Waals surface area contributed by atoms with E-state index in [1.54, 1.807) is 4.90 Å². The Morgan fingerprint density at radius 2 is 2.16 bits per heavy atom. The van der Waals surface area contributed by atoms with Crippen LogP contribution in [0.15, 0.2) is 0 Å². The predicted molar refractivity (Wildman–Crippen MR) is 77.3 cm³/mol. The molecule has 5 nitrogen and oxygen atoms in total. The van der Waals surface area contributed by atoms with E-state index in [2.05, 4.69) is 24.5 Å². The summed E-state index contributed by atoms with van der Waals surface area (Å²) in [5.41, 5.74) is -0.423. The van der Waals surface area contributed by atoms with Crippen molar-refractivity contribution in [3.63, 3.8) is 0 Å². The molecule has 0 aromatic rings. The lowest BCUT2D eigenvalue weighted by Crippen LogP contribution is -2.56. The summed E-state index contributed by atoms with van der Waals surface area (Å²) in [6, 6.07) is 0.306. The number of nitrogens with one attached hydrogen (secondary N) is 2. The van der Waals surface area contributed by atoms with Gasteiger partial charge < -0.3 is 20.3 Å². The summed E-state index contributed by atoms with van der Waals surface area (Å²) in [5, 5.41) is 6.85. The second kappa shape index (κ2) is 7.10. The van der Waals surface area contributed by atoms with Gasteiger partial charge in [-0.05, 0) is 33.2 Å². The number of hydrogen-bond acceptors (Lipinski definition) is 4. The van der Waals surface area contributed by atoms with Gasteiger partial charge in [0.1, 0.15) is 5.60 Å². The van der Waals surface area contributed by atoms with Crippen LogP contribution in [0, 0.1) is 5.92 Å². The monoisotopic (exact) mass is 271 g/mol. The summed E-state index contributed by atoms with van der Waals surface area (Å²) in [4.78, 5) is 13.8. The molecule has 1 aliphatic rings. The van der Waals surface area contributed by atoms with Crippen LogP contribution in [-0.4, -0.2) is 55.4 Å². The number of piperazine rings is 1. The zero-order chi connectivity index (χ0) is 14.5. The minimum Gasteiger partial charge on any atom is -0.444 e. The zero-order valence-electron chi connectivity index (χ0n) is 13.0. The third-order valence-electron chi connectivity index (χ3n) is 2.85. The number of carbonyl (C=O) groups is 1. The lowest BCUT2D eigenvalue weighted by Gasteiger charge is -2.35. The number of rotatable bonds is 4. The van der Waals surface area contributed by atoms with Gasteiger partial charge >= 0.3 is 6.09 Å². The van der Waals surface area contributed by atoms with Crippen LogP contribution in [0.1, 0.15) is 34.6 Å². The van der Waals surface area contributed by atoms with E-state index in [-0.39, 0.29) is 6.09 Å². The summed E-state index contributed by atoms with van der Waals surface area (Å²) in [7, 11) is 0. The van der Waals surface area contributed by atoms with Gasteiger partial charge in [-0.25, -0.2) is 4.79 Å². The minimum atomic E-state index is -0.423. The van der Waals surface area contributed by atoms with Crippen molar-refractivity contribution < 1.29 is 9.53 Å². The van der Waals surface area contributed by atoms with Crippen LogP contribution < -0.4 is 10.6 Å². The number of nitrogens with zero attached hydrogens (tertiary/aromatic N) is 1. The summed E-state index contributed by atoms with van der Waals surface area (Å²) in [5.74, 6) is 0.644. The molecule has 1 unspecified atom stereocenters. The fourth-order valence-corrected chi connectivity index (χ4v) is 2.00. The van der Waals surface area contributed by atoms with Crippen LogP contribution in [0.2, 0.25) is 0 Å². The van der Waals surface area contributed by atoms with Gasteiger partial charge in [-0.2, -0.15) is 0 Å². The Balaban J connectivity index is 2.35. The van der Waals surface area contributed by atoms with Crippen molar-refractivity contribution in [2.75, 3.05) is 32.7 Å². The quantitative estimate of drug-likeness (QED) is 0.812. The van der Waals surface area contributed by atoms with Gasteiger partial charge in [0.05, 0.1) is 0 Å². The lowest BCUT2D eigenvalue weighted by atomic mass is 10.2. The molecule has 0 aromatic carbocycles. The average Bonchev–Trinajstić information content (AvgIpc) is 2.26. The Kier molecular flexibility index (Phi) is 6.07. The Labute approximate surface area is 117 Å². The first-order valence-electron chi connectivity index (χ1n) is 7.20. The average molecular weight is 271 g/mol. The molecule has 19 heavy (non-hydrogen) atoms. The number of hydrogen-bond donors (Lipinski definition) is 2. The first-order chi connectivity index (χ1) is 8.78. The van der Waals surface area contributed by atoms with E-state index in [9.17, 15) is 4.79 Å². The fourth-order valence-electron chi connectivity index (χ4n) is 2.00. The highest BCUT2D eigenvalue weighted by molar-refractivity contribution is 5.68. The smallest absolute Gasteiger partial charge is 0.410 e. The topological polar surface area (TPSA) is 53.6 Å². The molecule has 0 spiro atoms. The number of ether oxygens (including phenoxy) is 1. The van der Waals surface area contributed by atoms with Gasteiger partial charge in [-0.15, -0.1) is 0 Å². The Bertz CT molecular complexity index is 287. The normalized spacial score (nSPS) is 20.7. The molecule has 2 N–H and O–H groups in total. The van der Waals surface area contributed by atoms with Crippen molar-refractivity contribution in [3.8, 4) is 0 Å². The molecular formula is C14H29N3O2. The molecule has 0 aliphatic carbocycles. The van der Waals surface area contributed by atoms with E-state index in [1.807, 2.05) is 20.8 Å². The molecule has 1 heterocycles. The SMILES string of the molecule is CC(C)CNCC1CN(C(=O)OC(C)(C)C)CCN1. The maximum atomic E-state index is 12.0. The lowest BCUT2D eigenvalue weighted by molar-refractivity contribution is 0.0195. The standard InChI is InChI=1S/C14H29N3O2/c1-11(2)8-15-9-12-10-17(7-6-16-12)13(18)19-14(3,4)5/h11-12,15-16H,6-10H2,1-5H3. The molecule has 112 valence electrons. The Morgan fingerprint density at radius 1 is 1.47 bits per heavy atom. The molecule has 0 aromatic heterocycles. The van der Waals surface area contributed by atoms with Crippen molar-refractivity contribution in [1.29, 1.82) is 0 Å². The first-order valence-corrected chi connectivity index (χ1v) is 7.20. The zero-order valence-corrected chi connectivity index (χ0v) is 13.0. The molecule has 1 aliphatic heterocycles. The highest BCUT2D eigenvalue weighted by atomic mass is 16.6. The number of carbonyl (C=O) groups excluding carboxylic acids is 1. The van der Waals surface area contributed by atoms with E-state index >= 15 is 0 Å². The molecule has 0 bridgehead atoms. The summed E-state index contributed by atoms with van der Waals surface area (Å²) >= 11 is 0. The summed E-state index contributed by atoms with van der Waals surface area (Å²) in [6.07, 6.45) is -0.206. The van der Waals surface area contributed by atoms with E-state index in [0.717, 1.165) is 26.2 Å². The van der Waals surface area contributed by atoms with Crippen LogP contribution in [0.25, 0.3) is 0 Å².